The number of rotatable bonds is 3. The minimum atomic E-state index is -0.234. The summed E-state index contributed by atoms with van der Waals surface area (Å²) in [5.41, 5.74) is 1.25. The summed E-state index contributed by atoms with van der Waals surface area (Å²) in [4.78, 5) is 0. The van der Waals surface area contributed by atoms with Crippen LogP contribution in [0.4, 0.5) is 4.39 Å². The molecule has 0 bridgehead atoms. The van der Waals surface area contributed by atoms with Crippen LogP contribution in [0, 0.1) is 11.2 Å². The number of hydrogen-bond acceptors (Lipinski definition) is 2. The zero-order valence-corrected chi connectivity index (χ0v) is 13.1. The second-order valence-corrected chi connectivity index (χ2v) is 6.17. The van der Waals surface area contributed by atoms with Crippen molar-refractivity contribution in [2.45, 2.75) is 32.8 Å². The van der Waals surface area contributed by atoms with Crippen LogP contribution in [-0.2, 0) is 4.74 Å². The Morgan fingerprint density at radius 1 is 1.42 bits per heavy atom. The molecule has 0 radical (unpaired) electrons. The quantitative estimate of drug-likeness (QED) is 0.903. The van der Waals surface area contributed by atoms with Crippen LogP contribution in [0.3, 0.4) is 0 Å². The monoisotopic (exact) mass is 329 g/mol. The molecular weight excluding hydrogens is 309 g/mol. The first kappa shape index (κ1) is 14.9. The third kappa shape index (κ3) is 3.36. The number of benzene rings is 1. The Morgan fingerprint density at radius 2 is 2.16 bits per heavy atom. The first-order valence-corrected chi connectivity index (χ1v) is 7.67. The van der Waals surface area contributed by atoms with E-state index < -0.39 is 0 Å². The van der Waals surface area contributed by atoms with E-state index in [1.165, 1.54) is 6.07 Å². The van der Waals surface area contributed by atoms with Gasteiger partial charge in [-0.25, -0.2) is 4.39 Å². The lowest BCUT2D eigenvalue weighted by Gasteiger charge is -2.29. The molecule has 1 N–H and O–H groups in total. The average molecular weight is 330 g/mol. The van der Waals surface area contributed by atoms with Crippen molar-refractivity contribution in [1.29, 1.82) is 0 Å². The van der Waals surface area contributed by atoms with E-state index >= 15 is 0 Å². The molecule has 0 spiro atoms. The fraction of sp³-hybridized carbons (Fsp3) is 0.600. The van der Waals surface area contributed by atoms with Gasteiger partial charge < -0.3 is 10.1 Å². The van der Waals surface area contributed by atoms with Gasteiger partial charge in [-0.2, -0.15) is 0 Å². The van der Waals surface area contributed by atoms with Crippen LogP contribution in [0.15, 0.2) is 22.7 Å². The third-order valence-electron chi connectivity index (χ3n) is 4.24. The molecule has 0 saturated carbocycles. The van der Waals surface area contributed by atoms with Gasteiger partial charge in [-0.3, -0.25) is 0 Å². The molecule has 2 rings (SSSR count). The maximum Gasteiger partial charge on any atom is 0.137 e. The van der Waals surface area contributed by atoms with Crippen LogP contribution < -0.4 is 5.32 Å². The van der Waals surface area contributed by atoms with E-state index in [1.54, 1.807) is 6.07 Å². The second kappa shape index (κ2) is 6.33. The van der Waals surface area contributed by atoms with Gasteiger partial charge >= 0.3 is 0 Å². The molecule has 1 saturated heterocycles. The number of ether oxygens (including phenoxy) is 1. The minimum absolute atomic E-state index is 0.00289. The molecule has 1 unspecified atom stereocenters. The largest absolute Gasteiger partial charge is 0.372 e. The van der Waals surface area contributed by atoms with Gasteiger partial charge in [-0.15, -0.1) is 0 Å². The molecule has 1 atom stereocenters. The minimum Gasteiger partial charge on any atom is -0.372 e. The topological polar surface area (TPSA) is 21.3 Å². The molecular formula is C15H21BrFNO. The normalized spacial score (nSPS) is 23.1. The summed E-state index contributed by atoms with van der Waals surface area (Å²) in [6.45, 7) is 6.94. The van der Waals surface area contributed by atoms with Crippen molar-refractivity contribution in [3.05, 3.63) is 34.1 Å². The number of hydrogen-bond donors (Lipinski definition) is 1. The Labute approximate surface area is 122 Å². The van der Waals surface area contributed by atoms with Crippen molar-refractivity contribution in [1.82, 2.24) is 5.32 Å². The summed E-state index contributed by atoms with van der Waals surface area (Å²) in [5, 5.41) is 3.49. The Balaban J connectivity index is 2.12. The smallest absolute Gasteiger partial charge is 0.137 e. The zero-order chi connectivity index (χ0) is 13.9. The van der Waals surface area contributed by atoms with Crippen molar-refractivity contribution in [2.75, 3.05) is 19.7 Å². The van der Waals surface area contributed by atoms with Gasteiger partial charge in [0.1, 0.15) is 5.82 Å². The molecule has 0 aliphatic carbocycles. The maximum absolute atomic E-state index is 13.3. The van der Waals surface area contributed by atoms with E-state index in [2.05, 4.69) is 35.1 Å². The highest BCUT2D eigenvalue weighted by molar-refractivity contribution is 9.10. The van der Waals surface area contributed by atoms with Gasteiger partial charge in [-0.05, 0) is 46.5 Å². The van der Waals surface area contributed by atoms with E-state index in [0.29, 0.717) is 4.47 Å². The molecule has 0 amide bonds. The standard InChI is InChI=1S/C15H21BrFNO/c1-3-15(4-2)9-18-8-14(19-10-15)11-5-6-13(17)12(16)7-11/h5-7,14,18H,3-4,8-10H2,1-2H3. The molecule has 1 aliphatic heterocycles. The summed E-state index contributed by atoms with van der Waals surface area (Å²) in [6, 6.07) is 5.10. The van der Waals surface area contributed by atoms with Crippen molar-refractivity contribution in [2.24, 2.45) is 5.41 Å². The van der Waals surface area contributed by atoms with E-state index in [-0.39, 0.29) is 17.3 Å². The van der Waals surface area contributed by atoms with E-state index in [0.717, 1.165) is 38.1 Å². The Hall–Kier alpha value is -0.450. The predicted octanol–water partition coefficient (Wildman–Crippen LogP) is 4.06. The summed E-state index contributed by atoms with van der Waals surface area (Å²) >= 11 is 3.23. The van der Waals surface area contributed by atoms with Crippen LogP contribution >= 0.6 is 15.9 Å². The highest BCUT2D eigenvalue weighted by Crippen LogP contribution is 2.32. The van der Waals surface area contributed by atoms with Crippen molar-refractivity contribution in [3.63, 3.8) is 0 Å². The molecule has 19 heavy (non-hydrogen) atoms. The lowest BCUT2D eigenvalue weighted by molar-refractivity contribution is 0.0102. The summed E-state index contributed by atoms with van der Waals surface area (Å²) in [6.07, 6.45) is 2.21. The van der Waals surface area contributed by atoms with Gasteiger partial charge in [0.15, 0.2) is 0 Å². The Kier molecular flexibility index (Phi) is 4.98. The fourth-order valence-corrected chi connectivity index (χ4v) is 2.88. The molecule has 1 fully saturated rings. The van der Waals surface area contributed by atoms with Crippen LogP contribution in [-0.4, -0.2) is 19.7 Å². The third-order valence-corrected chi connectivity index (χ3v) is 4.84. The average Bonchev–Trinajstić information content (AvgIpc) is 2.65. The lowest BCUT2D eigenvalue weighted by atomic mass is 9.83. The molecule has 1 aromatic rings. The molecule has 106 valence electrons. The number of halogens is 2. The molecule has 1 heterocycles. The number of nitrogens with one attached hydrogen (secondary N) is 1. The second-order valence-electron chi connectivity index (χ2n) is 5.31. The predicted molar refractivity (Wildman–Crippen MR) is 78.7 cm³/mol. The van der Waals surface area contributed by atoms with Crippen LogP contribution in [0.1, 0.15) is 38.4 Å². The molecule has 4 heteroatoms. The zero-order valence-electron chi connectivity index (χ0n) is 11.5. The highest BCUT2D eigenvalue weighted by Gasteiger charge is 2.31. The van der Waals surface area contributed by atoms with Crippen LogP contribution in [0.2, 0.25) is 0 Å². The Bertz CT molecular complexity index is 434. The molecule has 1 aromatic carbocycles. The van der Waals surface area contributed by atoms with Gasteiger partial charge in [0.2, 0.25) is 0 Å². The van der Waals surface area contributed by atoms with Crippen LogP contribution in [0.5, 0.6) is 0 Å². The van der Waals surface area contributed by atoms with Gasteiger partial charge in [0.25, 0.3) is 0 Å². The maximum atomic E-state index is 13.3. The van der Waals surface area contributed by atoms with E-state index in [4.69, 9.17) is 4.74 Å². The SMILES string of the molecule is CCC1(CC)CNCC(c2ccc(F)c(Br)c2)OC1. The summed E-state index contributed by atoms with van der Waals surface area (Å²) < 4.78 is 19.8. The first-order valence-electron chi connectivity index (χ1n) is 6.87. The highest BCUT2D eigenvalue weighted by atomic mass is 79.9. The molecule has 0 aromatic heterocycles. The van der Waals surface area contributed by atoms with Crippen molar-refractivity contribution in [3.8, 4) is 0 Å². The van der Waals surface area contributed by atoms with Gasteiger partial charge in [0.05, 0.1) is 17.2 Å². The first-order chi connectivity index (χ1) is 9.10. The van der Waals surface area contributed by atoms with Gasteiger partial charge in [-0.1, -0.05) is 19.9 Å². The van der Waals surface area contributed by atoms with E-state index in [1.807, 2.05) is 6.07 Å². The van der Waals surface area contributed by atoms with E-state index in [9.17, 15) is 4.39 Å². The molecule has 1 aliphatic rings. The summed E-state index contributed by atoms with van der Waals surface area (Å²) in [7, 11) is 0. The fourth-order valence-electron chi connectivity index (χ4n) is 2.49. The van der Waals surface area contributed by atoms with Crippen molar-refractivity contribution < 1.29 is 9.13 Å². The lowest BCUT2D eigenvalue weighted by Crippen LogP contribution is -2.34. The summed E-state index contributed by atoms with van der Waals surface area (Å²) in [5.74, 6) is -0.234. The van der Waals surface area contributed by atoms with Gasteiger partial charge in [0, 0.05) is 18.5 Å². The van der Waals surface area contributed by atoms with Crippen LogP contribution in [0.25, 0.3) is 0 Å². The van der Waals surface area contributed by atoms with Crippen molar-refractivity contribution >= 4 is 15.9 Å². The molecule has 2 nitrogen and oxygen atoms in total. The Morgan fingerprint density at radius 3 is 2.79 bits per heavy atom.